The second kappa shape index (κ2) is 4.97. The molecule has 1 aliphatic rings. The van der Waals surface area contributed by atoms with Gasteiger partial charge in [0, 0.05) is 34.7 Å². The topological polar surface area (TPSA) is 83.6 Å². The molecule has 0 unspecified atom stereocenters. The second-order valence-corrected chi connectivity index (χ2v) is 5.26. The summed E-state index contributed by atoms with van der Waals surface area (Å²) in [5.41, 5.74) is 6.79. The van der Waals surface area contributed by atoms with Crippen LogP contribution in [0.15, 0.2) is 22.7 Å². The summed E-state index contributed by atoms with van der Waals surface area (Å²) in [6, 6.07) is 5.03. The van der Waals surface area contributed by atoms with E-state index in [1.807, 2.05) is 0 Å². The van der Waals surface area contributed by atoms with E-state index in [2.05, 4.69) is 15.9 Å². The second-order valence-electron chi connectivity index (χ2n) is 4.41. The maximum Gasteiger partial charge on any atom is 0.303 e. The molecule has 3 N–H and O–H groups in total. The third kappa shape index (κ3) is 2.64. The summed E-state index contributed by atoms with van der Waals surface area (Å²) < 4.78 is 0.691. The van der Waals surface area contributed by atoms with Crippen molar-refractivity contribution in [1.82, 2.24) is 4.90 Å². The number of likely N-dealkylation sites (tertiary alicyclic amines) is 1. The van der Waals surface area contributed by atoms with Crippen LogP contribution in [0, 0.1) is 5.92 Å². The molecule has 0 aromatic heterocycles. The van der Waals surface area contributed by atoms with Gasteiger partial charge in [-0.05, 0) is 34.1 Å². The highest BCUT2D eigenvalue weighted by Gasteiger charge is 2.32. The van der Waals surface area contributed by atoms with Crippen molar-refractivity contribution in [3.05, 3.63) is 28.2 Å². The first-order chi connectivity index (χ1) is 8.47. The van der Waals surface area contributed by atoms with Gasteiger partial charge in [0.25, 0.3) is 5.91 Å². The molecular weight excluding hydrogens is 300 g/mol. The van der Waals surface area contributed by atoms with Crippen molar-refractivity contribution in [3.63, 3.8) is 0 Å². The zero-order chi connectivity index (χ0) is 13.3. The van der Waals surface area contributed by atoms with E-state index >= 15 is 0 Å². The number of hydrogen-bond donors (Lipinski definition) is 2. The highest BCUT2D eigenvalue weighted by atomic mass is 79.9. The number of halogens is 1. The molecule has 2 rings (SSSR count). The number of rotatable bonds is 3. The van der Waals surface area contributed by atoms with Crippen LogP contribution in [-0.4, -0.2) is 35.0 Å². The fourth-order valence-electron chi connectivity index (χ4n) is 1.95. The number of hydrogen-bond acceptors (Lipinski definition) is 3. The van der Waals surface area contributed by atoms with Crippen LogP contribution < -0.4 is 5.73 Å². The maximum atomic E-state index is 12.0. The Labute approximate surface area is 113 Å². The Morgan fingerprint density at radius 3 is 2.67 bits per heavy atom. The molecule has 0 aliphatic carbocycles. The minimum absolute atomic E-state index is 0.0728. The molecule has 1 fully saturated rings. The molecule has 1 heterocycles. The van der Waals surface area contributed by atoms with Crippen molar-refractivity contribution in [2.45, 2.75) is 6.42 Å². The van der Waals surface area contributed by atoms with Crippen molar-refractivity contribution in [2.24, 2.45) is 5.92 Å². The standard InChI is InChI=1S/C12H13BrN2O3/c13-9-4-8(1-2-10(9)14)12(18)15-5-7(6-15)3-11(16)17/h1-2,4,7H,3,5-6,14H2,(H,16,17). The van der Waals surface area contributed by atoms with Gasteiger partial charge >= 0.3 is 5.97 Å². The third-order valence-electron chi connectivity index (χ3n) is 2.96. The van der Waals surface area contributed by atoms with Gasteiger partial charge in [0.15, 0.2) is 0 Å². The summed E-state index contributed by atoms with van der Waals surface area (Å²) >= 11 is 3.27. The Hall–Kier alpha value is -1.56. The Morgan fingerprint density at radius 1 is 1.44 bits per heavy atom. The van der Waals surface area contributed by atoms with Crippen molar-refractivity contribution in [3.8, 4) is 0 Å². The zero-order valence-corrected chi connectivity index (χ0v) is 11.2. The lowest BCUT2D eigenvalue weighted by Gasteiger charge is -2.38. The van der Waals surface area contributed by atoms with Crippen molar-refractivity contribution >= 4 is 33.5 Å². The van der Waals surface area contributed by atoms with Crippen LogP contribution in [0.5, 0.6) is 0 Å². The summed E-state index contributed by atoms with van der Waals surface area (Å²) in [7, 11) is 0. The molecule has 6 heteroatoms. The Kier molecular flexibility index (Phi) is 3.56. The number of nitrogens with zero attached hydrogens (tertiary/aromatic N) is 1. The number of carboxylic acids is 1. The Bertz CT molecular complexity index is 498. The maximum absolute atomic E-state index is 12.0. The molecule has 1 amide bonds. The minimum atomic E-state index is -0.817. The summed E-state index contributed by atoms with van der Waals surface area (Å²) in [4.78, 5) is 24.2. The van der Waals surface area contributed by atoms with E-state index < -0.39 is 5.97 Å². The fraction of sp³-hybridized carbons (Fsp3) is 0.333. The van der Waals surface area contributed by atoms with Crippen LogP contribution in [0.3, 0.4) is 0 Å². The molecule has 0 spiro atoms. The predicted molar refractivity (Wildman–Crippen MR) is 70.2 cm³/mol. The molecule has 96 valence electrons. The zero-order valence-electron chi connectivity index (χ0n) is 9.60. The quantitative estimate of drug-likeness (QED) is 0.830. The molecule has 5 nitrogen and oxygen atoms in total. The highest BCUT2D eigenvalue weighted by Crippen LogP contribution is 2.25. The normalized spacial score (nSPS) is 15.3. The molecule has 1 aromatic rings. The van der Waals surface area contributed by atoms with Gasteiger partial charge in [0.05, 0.1) is 6.42 Å². The average molecular weight is 313 g/mol. The SMILES string of the molecule is Nc1ccc(C(=O)N2CC(CC(=O)O)C2)cc1Br. The fourth-order valence-corrected chi connectivity index (χ4v) is 2.33. The Morgan fingerprint density at radius 2 is 2.11 bits per heavy atom. The van der Waals surface area contributed by atoms with Gasteiger partial charge in [0.2, 0.25) is 0 Å². The van der Waals surface area contributed by atoms with E-state index in [0.717, 1.165) is 0 Å². The van der Waals surface area contributed by atoms with Gasteiger partial charge in [-0.25, -0.2) is 0 Å². The number of nitrogens with two attached hydrogens (primary N) is 1. The van der Waals surface area contributed by atoms with Crippen LogP contribution in [0.4, 0.5) is 5.69 Å². The molecule has 0 radical (unpaired) electrons. The van der Waals surface area contributed by atoms with Gasteiger partial charge in [-0.1, -0.05) is 0 Å². The largest absolute Gasteiger partial charge is 0.481 e. The highest BCUT2D eigenvalue weighted by molar-refractivity contribution is 9.10. The number of carbonyl (C=O) groups is 2. The van der Waals surface area contributed by atoms with Crippen molar-refractivity contribution < 1.29 is 14.7 Å². The predicted octanol–water partition coefficient (Wildman–Crippen LogP) is 1.58. The first-order valence-corrected chi connectivity index (χ1v) is 6.32. The van der Waals surface area contributed by atoms with E-state index in [4.69, 9.17) is 10.8 Å². The van der Waals surface area contributed by atoms with Gasteiger partial charge < -0.3 is 15.7 Å². The Balaban J connectivity index is 1.97. The lowest BCUT2D eigenvalue weighted by Crippen LogP contribution is -2.50. The number of anilines is 1. The molecule has 18 heavy (non-hydrogen) atoms. The van der Waals surface area contributed by atoms with Crippen LogP contribution in [0.25, 0.3) is 0 Å². The molecule has 0 bridgehead atoms. The van der Waals surface area contributed by atoms with Crippen LogP contribution >= 0.6 is 15.9 Å². The number of aliphatic carboxylic acids is 1. The molecule has 1 aromatic carbocycles. The van der Waals surface area contributed by atoms with Crippen molar-refractivity contribution in [2.75, 3.05) is 18.8 Å². The monoisotopic (exact) mass is 312 g/mol. The molecular formula is C12H13BrN2O3. The lowest BCUT2D eigenvalue weighted by atomic mass is 9.95. The summed E-state index contributed by atoms with van der Waals surface area (Å²) in [6.45, 7) is 1.01. The number of amides is 1. The van der Waals surface area contributed by atoms with Crippen LogP contribution in [-0.2, 0) is 4.79 Å². The number of nitrogen functional groups attached to an aromatic ring is 1. The molecule has 0 saturated carbocycles. The summed E-state index contributed by atoms with van der Waals surface area (Å²) in [5.74, 6) is -0.830. The van der Waals surface area contributed by atoms with E-state index in [9.17, 15) is 9.59 Å². The van der Waals surface area contributed by atoms with Crippen LogP contribution in [0.2, 0.25) is 0 Å². The van der Waals surface area contributed by atoms with Gasteiger partial charge in [-0.15, -0.1) is 0 Å². The number of benzene rings is 1. The van der Waals surface area contributed by atoms with Gasteiger partial charge in [-0.3, -0.25) is 9.59 Å². The van der Waals surface area contributed by atoms with E-state index in [0.29, 0.717) is 28.8 Å². The lowest BCUT2D eigenvalue weighted by molar-refractivity contribution is -0.139. The summed E-state index contributed by atoms with van der Waals surface area (Å²) in [6.07, 6.45) is 0.120. The molecule has 0 atom stereocenters. The van der Waals surface area contributed by atoms with E-state index in [1.54, 1.807) is 23.1 Å². The molecule has 1 aliphatic heterocycles. The van der Waals surface area contributed by atoms with Gasteiger partial charge in [-0.2, -0.15) is 0 Å². The van der Waals surface area contributed by atoms with Gasteiger partial charge in [0.1, 0.15) is 0 Å². The van der Waals surface area contributed by atoms with E-state index in [1.165, 1.54) is 0 Å². The van der Waals surface area contributed by atoms with Crippen LogP contribution in [0.1, 0.15) is 16.8 Å². The average Bonchev–Trinajstić information content (AvgIpc) is 2.25. The first-order valence-electron chi connectivity index (χ1n) is 5.53. The molecule has 1 saturated heterocycles. The summed E-state index contributed by atoms with van der Waals surface area (Å²) in [5, 5.41) is 8.63. The minimum Gasteiger partial charge on any atom is -0.481 e. The number of carboxylic acid groups (broad SMARTS) is 1. The number of carbonyl (C=O) groups excluding carboxylic acids is 1. The van der Waals surface area contributed by atoms with Crippen molar-refractivity contribution in [1.29, 1.82) is 0 Å². The van der Waals surface area contributed by atoms with E-state index in [-0.39, 0.29) is 18.2 Å². The first kappa shape index (κ1) is 12.9. The third-order valence-corrected chi connectivity index (χ3v) is 3.64. The smallest absolute Gasteiger partial charge is 0.303 e.